The van der Waals surface area contributed by atoms with Gasteiger partial charge in [-0.1, -0.05) is 17.7 Å². The number of piperazine rings is 1. The van der Waals surface area contributed by atoms with Crippen molar-refractivity contribution in [2.45, 2.75) is 0 Å². The van der Waals surface area contributed by atoms with Crippen LogP contribution in [0, 0.1) is 0 Å². The van der Waals surface area contributed by atoms with Gasteiger partial charge in [-0.05, 0) is 42.5 Å². The van der Waals surface area contributed by atoms with Gasteiger partial charge in [0, 0.05) is 48.1 Å². The second-order valence-electron chi connectivity index (χ2n) is 6.21. The summed E-state index contributed by atoms with van der Waals surface area (Å²) < 4.78 is 24.9. The molecule has 3 rings (SSSR count). The molecule has 1 saturated heterocycles. The van der Waals surface area contributed by atoms with Gasteiger partial charge >= 0.3 is 0 Å². The molecule has 2 aromatic rings. The second kappa shape index (κ2) is 7.55. The van der Waals surface area contributed by atoms with Crippen LogP contribution in [0.25, 0.3) is 0 Å². The lowest BCUT2D eigenvalue weighted by Gasteiger charge is -2.36. The molecule has 0 aliphatic carbocycles. The summed E-state index contributed by atoms with van der Waals surface area (Å²) >= 11 is 6.04. The van der Waals surface area contributed by atoms with Crippen LogP contribution in [0.2, 0.25) is 5.02 Å². The summed E-state index contributed by atoms with van der Waals surface area (Å²) in [6.45, 7) is 2.71. The molecule has 1 heterocycles. The van der Waals surface area contributed by atoms with Crippen molar-refractivity contribution in [2.24, 2.45) is 0 Å². The molecule has 6 nitrogen and oxygen atoms in total. The number of benzene rings is 2. The first-order chi connectivity index (χ1) is 12.3. The number of hydrogen-bond donors (Lipinski definition) is 1. The number of nitrogens with zero attached hydrogens (tertiary/aromatic N) is 2. The Morgan fingerprint density at radius 1 is 1.04 bits per heavy atom. The van der Waals surface area contributed by atoms with Gasteiger partial charge in [0.25, 0.3) is 5.91 Å². The molecule has 26 heavy (non-hydrogen) atoms. The van der Waals surface area contributed by atoms with Crippen LogP contribution in [0.5, 0.6) is 0 Å². The normalized spacial score (nSPS) is 15.0. The maximum atomic E-state index is 12.6. The lowest BCUT2D eigenvalue weighted by molar-refractivity contribution is 0.0747. The molecule has 1 N–H and O–H groups in total. The van der Waals surface area contributed by atoms with Crippen molar-refractivity contribution in [1.82, 2.24) is 4.90 Å². The molecule has 1 aliphatic rings. The van der Waals surface area contributed by atoms with Crippen LogP contribution < -0.4 is 9.62 Å². The van der Waals surface area contributed by atoms with E-state index in [4.69, 9.17) is 11.6 Å². The quantitative estimate of drug-likeness (QED) is 0.867. The van der Waals surface area contributed by atoms with Gasteiger partial charge in [-0.3, -0.25) is 9.52 Å². The van der Waals surface area contributed by atoms with Gasteiger partial charge in [-0.15, -0.1) is 0 Å². The first-order valence-corrected chi connectivity index (χ1v) is 10.5. The Hall–Kier alpha value is -2.25. The Kier molecular flexibility index (Phi) is 5.38. The summed E-state index contributed by atoms with van der Waals surface area (Å²) in [6.07, 6.45) is 1.09. The number of amides is 1. The Labute approximate surface area is 158 Å². The molecule has 0 spiro atoms. The molecule has 0 aromatic heterocycles. The fraction of sp³-hybridized carbons (Fsp3) is 0.278. The van der Waals surface area contributed by atoms with Crippen LogP contribution in [0.3, 0.4) is 0 Å². The van der Waals surface area contributed by atoms with Gasteiger partial charge in [0.15, 0.2) is 0 Å². The SMILES string of the molecule is CS(=O)(=O)Nc1ccc(C(=O)N2CCN(c3cccc(Cl)c3)CC2)cc1. The van der Waals surface area contributed by atoms with Crippen LogP contribution in [0.15, 0.2) is 48.5 Å². The van der Waals surface area contributed by atoms with Crippen molar-refractivity contribution in [3.05, 3.63) is 59.1 Å². The Balaban J connectivity index is 1.61. The van der Waals surface area contributed by atoms with Crippen molar-refractivity contribution < 1.29 is 13.2 Å². The van der Waals surface area contributed by atoms with Crippen LogP contribution >= 0.6 is 11.6 Å². The van der Waals surface area contributed by atoms with Crippen molar-refractivity contribution >= 4 is 38.9 Å². The molecular weight excluding hydrogens is 374 g/mol. The predicted octanol–water partition coefficient (Wildman–Crippen LogP) is 2.67. The number of nitrogens with one attached hydrogen (secondary N) is 1. The lowest BCUT2D eigenvalue weighted by Crippen LogP contribution is -2.48. The van der Waals surface area contributed by atoms with E-state index < -0.39 is 10.0 Å². The summed E-state index contributed by atoms with van der Waals surface area (Å²) in [7, 11) is -3.33. The largest absolute Gasteiger partial charge is 0.368 e. The average molecular weight is 394 g/mol. The zero-order valence-electron chi connectivity index (χ0n) is 14.4. The lowest BCUT2D eigenvalue weighted by atomic mass is 10.1. The first kappa shape index (κ1) is 18.5. The van der Waals surface area contributed by atoms with Crippen molar-refractivity contribution in [3.8, 4) is 0 Å². The molecule has 8 heteroatoms. The van der Waals surface area contributed by atoms with E-state index in [1.165, 1.54) is 0 Å². The highest BCUT2D eigenvalue weighted by Gasteiger charge is 2.22. The number of rotatable bonds is 4. The van der Waals surface area contributed by atoms with E-state index in [-0.39, 0.29) is 5.91 Å². The zero-order chi connectivity index (χ0) is 18.7. The molecule has 2 aromatic carbocycles. The standard InChI is InChI=1S/C18H20ClN3O3S/c1-26(24,25)20-16-7-5-14(6-8-16)18(23)22-11-9-21(10-12-22)17-4-2-3-15(19)13-17/h2-8,13,20H,9-12H2,1H3. The average Bonchev–Trinajstić information content (AvgIpc) is 2.61. The topological polar surface area (TPSA) is 69.7 Å². The highest BCUT2D eigenvalue weighted by atomic mass is 35.5. The molecule has 1 fully saturated rings. The summed E-state index contributed by atoms with van der Waals surface area (Å²) in [5.74, 6) is -0.0540. The summed E-state index contributed by atoms with van der Waals surface area (Å²) in [4.78, 5) is 16.6. The molecule has 0 atom stereocenters. The smallest absolute Gasteiger partial charge is 0.253 e. The third-order valence-electron chi connectivity index (χ3n) is 4.18. The monoisotopic (exact) mass is 393 g/mol. The van der Waals surface area contributed by atoms with E-state index in [9.17, 15) is 13.2 Å². The van der Waals surface area contributed by atoms with E-state index in [2.05, 4.69) is 9.62 Å². The summed E-state index contributed by atoms with van der Waals surface area (Å²) in [6, 6.07) is 14.2. The van der Waals surface area contributed by atoms with Gasteiger partial charge in [0.05, 0.1) is 6.26 Å². The zero-order valence-corrected chi connectivity index (χ0v) is 15.9. The van der Waals surface area contributed by atoms with Crippen LogP contribution in [-0.4, -0.2) is 51.7 Å². The minimum atomic E-state index is -3.33. The molecule has 0 unspecified atom stereocenters. The Morgan fingerprint density at radius 3 is 2.27 bits per heavy atom. The van der Waals surface area contributed by atoms with Crippen molar-refractivity contribution in [2.75, 3.05) is 42.1 Å². The van der Waals surface area contributed by atoms with E-state index in [0.717, 1.165) is 25.0 Å². The van der Waals surface area contributed by atoms with Gasteiger partial charge < -0.3 is 9.80 Å². The third-order valence-corrected chi connectivity index (χ3v) is 5.02. The molecule has 0 bridgehead atoms. The molecule has 1 aliphatic heterocycles. The van der Waals surface area contributed by atoms with E-state index in [1.54, 1.807) is 29.2 Å². The number of carbonyl (C=O) groups excluding carboxylic acids is 1. The van der Waals surface area contributed by atoms with Crippen LogP contribution in [-0.2, 0) is 10.0 Å². The maximum Gasteiger partial charge on any atom is 0.253 e. The van der Waals surface area contributed by atoms with Gasteiger partial charge in [-0.25, -0.2) is 8.42 Å². The number of halogens is 1. The number of sulfonamides is 1. The van der Waals surface area contributed by atoms with Crippen LogP contribution in [0.1, 0.15) is 10.4 Å². The molecule has 0 radical (unpaired) electrons. The molecule has 0 saturated carbocycles. The van der Waals surface area contributed by atoms with Crippen LogP contribution in [0.4, 0.5) is 11.4 Å². The Bertz CT molecular complexity index is 892. The number of hydrogen-bond acceptors (Lipinski definition) is 4. The fourth-order valence-electron chi connectivity index (χ4n) is 2.92. The number of anilines is 2. The maximum absolute atomic E-state index is 12.6. The Morgan fingerprint density at radius 2 is 1.69 bits per heavy atom. The van der Waals surface area contributed by atoms with Gasteiger partial charge in [0.2, 0.25) is 10.0 Å². The number of carbonyl (C=O) groups is 1. The van der Waals surface area contributed by atoms with Gasteiger partial charge in [0.1, 0.15) is 0 Å². The summed E-state index contributed by atoms with van der Waals surface area (Å²) in [5.41, 5.74) is 2.04. The molecule has 1 amide bonds. The predicted molar refractivity (Wildman–Crippen MR) is 104 cm³/mol. The highest BCUT2D eigenvalue weighted by molar-refractivity contribution is 7.92. The van der Waals surface area contributed by atoms with E-state index >= 15 is 0 Å². The van der Waals surface area contributed by atoms with Crippen molar-refractivity contribution in [1.29, 1.82) is 0 Å². The second-order valence-corrected chi connectivity index (χ2v) is 8.40. The van der Waals surface area contributed by atoms with Crippen molar-refractivity contribution in [3.63, 3.8) is 0 Å². The van der Waals surface area contributed by atoms with E-state index in [0.29, 0.717) is 29.4 Å². The highest BCUT2D eigenvalue weighted by Crippen LogP contribution is 2.21. The molecule has 138 valence electrons. The molecular formula is C18H20ClN3O3S. The fourth-order valence-corrected chi connectivity index (χ4v) is 3.67. The summed E-state index contributed by atoms with van der Waals surface area (Å²) in [5, 5.41) is 0.698. The minimum Gasteiger partial charge on any atom is -0.368 e. The van der Waals surface area contributed by atoms with Gasteiger partial charge in [-0.2, -0.15) is 0 Å². The first-order valence-electron chi connectivity index (χ1n) is 8.19. The third kappa shape index (κ3) is 4.68. The van der Waals surface area contributed by atoms with E-state index in [1.807, 2.05) is 24.3 Å². The minimum absolute atomic E-state index is 0.0540.